The van der Waals surface area contributed by atoms with Crippen LogP contribution < -0.4 is 15.6 Å². The quantitative estimate of drug-likeness (QED) is 0.169. The Bertz CT molecular complexity index is 3260. The normalized spacial score (nSPS) is 25.6. The van der Waals surface area contributed by atoms with Crippen molar-refractivity contribution in [2.45, 2.75) is 109 Å². The Kier molecular flexibility index (Phi) is 8.64. The van der Waals surface area contributed by atoms with Gasteiger partial charge in [-0.1, -0.05) is 18.1 Å². The molecule has 1 N–H and O–H groups in total. The molecule has 4 fully saturated rings. The van der Waals surface area contributed by atoms with Crippen LogP contribution in [0, 0.1) is 31.4 Å². The summed E-state index contributed by atoms with van der Waals surface area (Å²) in [6.07, 6.45) is 4.80. The van der Waals surface area contributed by atoms with Crippen LogP contribution in [0.25, 0.3) is 27.5 Å². The third kappa shape index (κ3) is 5.80. The Morgan fingerprint density at radius 2 is 1.68 bits per heavy atom. The fourth-order valence-corrected chi connectivity index (χ4v) is 11.7. The molecule has 4 aromatic heterocycles. The van der Waals surface area contributed by atoms with Crippen LogP contribution >= 0.6 is 0 Å². The van der Waals surface area contributed by atoms with E-state index in [1.807, 2.05) is 22.5 Å². The fourth-order valence-electron chi connectivity index (χ4n) is 11.7. The van der Waals surface area contributed by atoms with Gasteiger partial charge in [0.1, 0.15) is 22.9 Å². The summed E-state index contributed by atoms with van der Waals surface area (Å²) in [4.78, 5) is 51.0. The molecule has 0 bridgehead atoms. The predicted octanol–water partition coefficient (Wildman–Crippen LogP) is 8.09. The monoisotopic (exact) mass is 896 g/mol. The van der Waals surface area contributed by atoms with Gasteiger partial charge in [-0.25, -0.2) is 23.1 Å². The second-order valence-corrected chi connectivity index (χ2v) is 19.9. The molecule has 7 heterocycles. The van der Waals surface area contributed by atoms with Crippen LogP contribution in [0.1, 0.15) is 110 Å². The van der Waals surface area contributed by atoms with Crippen LogP contribution in [-0.4, -0.2) is 81.9 Å². The second-order valence-electron chi connectivity index (χ2n) is 19.9. The fraction of sp³-hybridized carbons (Fsp3) is 0.429. The Hall–Kier alpha value is -6.62. The van der Waals surface area contributed by atoms with Gasteiger partial charge in [0.2, 0.25) is 0 Å². The summed E-state index contributed by atoms with van der Waals surface area (Å²) in [5, 5.41) is 14.8. The number of fused-ring (bicyclic) bond motifs is 4. The number of hydrogen-bond acceptors (Lipinski definition) is 8. The zero-order valence-electron chi connectivity index (χ0n) is 37.9. The van der Waals surface area contributed by atoms with E-state index < -0.39 is 29.2 Å². The number of urea groups is 1. The molecule has 2 saturated heterocycles. The van der Waals surface area contributed by atoms with Crippen LogP contribution in [0.2, 0.25) is 0 Å². The summed E-state index contributed by atoms with van der Waals surface area (Å²) in [7, 11) is 1.74. The first-order chi connectivity index (χ1) is 31.6. The molecule has 12 rings (SSSR count). The number of benzene rings is 3. The number of rotatable bonds is 7. The molecule has 5 aliphatic rings. The lowest BCUT2D eigenvalue weighted by Gasteiger charge is -2.36. The molecule has 2 saturated carbocycles. The van der Waals surface area contributed by atoms with Crippen molar-refractivity contribution < 1.29 is 27.6 Å². The maximum atomic E-state index is 16.4. The number of H-pyrrole nitrogens is 1. The van der Waals surface area contributed by atoms with Crippen molar-refractivity contribution in [2.75, 3.05) is 23.0 Å². The number of aromatic nitrogens is 7. The van der Waals surface area contributed by atoms with E-state index >= 15 is 13.6 Å². The average molecular weight is 897 g/mol. The highest BCUT2D eigenvalue weighted by atomic mass is 19.1. The Labute approximate surface area is 377 Å². The van der Waals surface area contributed by atoms with Crippen molar-refractivity contribution in [3.63, 3.8) is 0 Å². The summed E-state index contributed by atoms with van der Waals surface area (Å²) in [5.41, 5.74) is 4.94. The summed E-state index contributed by atoms with van der Waals surface area (Å²) >= 11 is 0. The molecule has 0 spiro atoms. The van der Waals surface area contributed by atoms with Gasteiger partial charge in [-0.3, -0.25) is 28.8 Å². The molecular weight excluding hydrogens is 847 g/mol. The van der Waals surface area contributed by atoms with Gasteiger partial charge in [-0.05, 0) is 131 Å². The summed E-state index contributed by atoms with van der Waals surface area (Å²) < 4.78 is 48.0. The minimum atomic E-state index is -0.847. The lowest BCUT2D eigenvalue weighted by molar-refractivity contribution is -0.0592. The lowest BCUT2D eigenvalue weighted by Crippen LogP contribution is -2.42. The van der Waals surface area contributed by atoms with Crippen molar-refractivity contribution in [1.29, 1.82) is 0 Å². The molecule has 3 amide bonds. The van der Waals surface area contributed by atoms with E-state index in [0.717, 1.165) is 23.7 Å². The van der Waals surface area contributed by atoms with Gasteiger partial charge in [0.15, 0.2) is 11.6 Å². The molecule has 6 atom stereocenters. The van der Waals surface area contributed by atoms with Crippen LogP contribution in [0.5, 0.6) is 0 Å². The summed E-state index contributed by atoms with van der Waals surface area (Å²) in [6, 6.07) is 13.6. The highest BCUT2D eigenvalue weighted by molar-refractivity contribution is 6.10. The number of carbonyl (C=O) groups excluding carboxylic acids is 2. The number of anilines is 2. The number of aryl methyl sites for hydroxylation is 3. The minimum Gasteiger partial charge on any atom is -0.376 e. The number of ether oxygens (including phenoxy) is 1. The zero-order valence-corrected chi connectivity index (χ0v) is 37.9. The van der Waals surface area contributed by atoms with Crippen molar-refractivity contribution in [2.24, 2.45) is 13.0 Å². The number of nitrogens with zero attached hydrogens (tertiary/aromatic N) is 9. The topological polar surface area (TPSA) is 153 Å². The zero-order chi connectivity index (χ0) is 45.9. The number of hydrogen-bond donors (Lipinski definition) is 1. The van der Waals surface area contributed by atoms with Gasteiger partial charge in [0, 0.05) is 43.1 Å². The van der Waals surface area contributed by atoms with Crippen LogP contribution in [0.3, 0.4) is 0 Å². The van der Waals surface area contributed by atoms with Crippen LogP contribution in [0.4, 0.5) is 25.1 Å². The number of amides is 3. The number of nitrogens with one attached hydrogen (secondary N) is 1. The van der Waals surface area contributed by atoms with Gasteiger partial charge in [-0.2, -0.15) is 10.2 Å². The van der Waals surface area contributed by atoms with Gasteiger partial charge < -0.3 is 14.2 Å². The third-order valence-electron chi connectivity index (χ3n) is 15.2. The van der Waals surface area contributed by atoms with Gasteiger partial charge in [-0.15, -0.1) is 0 Å². The van der Waals surface area contributed by atoms with E-state index in [9.17, 15) is 9.59 Å². The standard InChI is InChI=1S/C49H50F2N10O5/c1-24-16-31(17-25(2)41(24)50)61-43(59-38-20-37(38)58(47(59)64)36-11-10-35-32(42(36)51)23-52-56(35)7)40-27(4)57(14-12-33(40)54-61)44(62)39-19-30-18-28(29-13-15-65-48(5,6)22-29)8-9-34(30)60(39)49(21-26(49)3)45-53-46(63)66-55-45/h8-11,16-19,23,26-27,29,37-38H,12-15,20-22H2,1-7H3,(H,53,55,63)/t26-,27-,29-,37-,38+,49-/m0/s1. The first-order valence-electron chi connectivity index (χ1n) is 22.8. The third-order valence-corrected chi connectivity index (χ3v) is 15.2. The summed E-state index contributed by atoms with van der Waals surface area (Å²) in [6.45, 7) is 12.6. The van der Waals surface area contributed by atoms with Gasteiger partial charge in [0.05, 0.1) is 57.9 Å². The van der Waals surface area contributed by atoms with E-state index in [4.69, 9.17) is 14.4 Å². The molecular formula is C49H50F2N10O5. The average Bonchev–Trinajstić information content (AvgIpc) is 3.75. The molecule has 7 aromatic rings. The largest absolute Gasteiger partial charge is 0.438 e. The van der Waals surface area contributed by atoms with Crippen LogP contribution in [-0.2, 0) is 23.7 Å². The van der Waals surface area contributed by atoms with E-state index in [2.05, 4.69) is 54.2 Å². The molecule has 66 heavy (non-hydrogen) atoms. The number of carbonyl (C=O) groups is 2. The Morgan fingerprint density at radius 1 is 0.939 bits per heavy atom. The molecule has 15 nitrogen and oxygen atoms in total. The lowest BCUT2D eigenvalue weighted by atomic mass is 9.83. The SMILES string of the molecule is Cc1cc(-n2nc3c(c2N2C(=O)N(c4ccc5c(cnn5C)c4F)[C@H]4C[C@H]42)[C@H](C)N(C(=O)c2cc4cc([C@H]5CCOC(C)(C)C5)ccc4n2[C@@]2(c4noc(=O)[nH]4)C[C@@H]2C)CC3)cc(C)c1F. The van der Waals surface area contributed by atoms with E-state index in [1.54, 1.807) is 59.4 Å². The smallest absolute Gasteiger partial charge is 0.376 e. The molecule has 0 radical (unpaired) electrons. The molecule has 3 aromatic carbocycles. The molecule has 2 aliphatic carbocycles. The highest BCUT2D eigenvalue weighted by Crippen LogP contribution is 2.57. The highest BCUT2D eigenvalue weighted by Gasteiger charge is 2.61. The molecule has 3 aliphatic heterocycles. The van der Waals surface area contributed by atoms with Gasteiger partial charge in [0.25, 0.3) is 5.91 Å². The van der Waals surface area contributed by atoms with Gasteiger partial charge >= 0.3 is 11.8 Å². The number of aromatic amines is 1. The first kappa shape index (κ1) is 40.9. The summed E-state index contributed by atoms with van der Waals surface area (Å²) in [5.74, 6) is -0.642. The van der Waals surface area contributed by atoms with Crippen molar-refractivity contribution in [3.8, 4) is 5.69 Å². The molecule has 340 valence electrons. The molecule has 0 unspecified atom stereocenters. The predicted molar refractivity (Wildman–Crippen MR) is 241 cm³/mol. The Balaban J connectivity index is 0.984. The maximum Gasteiger partial charge on any atom is 0.438 e. The van der Waals surface area contributed by atoms with E-state index in [0.29, 0.717) is 88.7 Å². The Morgan fingerprint density at radius 3 is 2.39 bits per heavy atom. The molecule has 17 heteroatoms. The van der Waals surface area contributed by atoms with Crippen molar-refractivity contribution >= 4 is 45.2 Å². The van der Waals surface area contributed by atoms with Crippen LogP contribution in [0.15, 0.2) is 64.0 Å². The number of halogens is 2. The van der Waals surface area contributed by atoms with E-state index in [-0.39, 0.29) is 46.9 Å². The van der Waals surface area contributed by atoms with Crippen molar-refractivity contribution in [1.82, 2.24) is 39.2 Å². The maximum absolute atomic E-state index is 16.4. The first-order valence-corrected chi connectivity index (χ1v) is 22.8. The second kappa shape index (κ2) is 14.0. The van der Waals surface area contributed by atoms with Crippen molar-refractivity contribution in [3.05, 3.63) is 116 Å². The minimum absolute atomic E-state index is 0.00789. The van der Waals surface area contributed by atoms with E-state index in [1.165, 1.54) is 16.7 Å².